The van der Waals surface area contributed by atoms with Gasteiger partial charge in [0.15, 0.2) is 0 Å². The van der Waals surface area contributed by atoms with Gasteiger partial charge in [0.1, 0.15) is 5.75 Å². The Morgan fingerprint density at radius 1 is 1.29 bits per heavy atom. The number of hydrogen-bond acceptors (Lipinski definition) is 2. The van der Waals surface area contributed by atoms with Gasteiger partial charge in [-0.1, -0.05) is 31.5 Å². The number of rotatable bonds is 6. The van der Waals surface area contributed by atoms with Crippen LogP contribution >= 0.6 is 11.6 Å². The third-order valence-corrected chi connectivity index (χ3v) is 3.41. The largest absolute Gasteiger partial charge is 0.496 e. The van der Waals surface area contributed by atoms with Crippen LogP contribution in [0.5, 0.6) is 5.75 Å². The molecule has 0 spiro atoms. The molecule has 0 fully saturated rings. The van der Waals surface area contributed by atoms with E-state index in [0.717, 1.165) is 30.9 Å². The standard InChI is InChI=1S/C14H22ClNO/c1-5-16(6-2)10-13(15)12-9-11(3)7-8-14(12)17-4/h7-9,13H,5-6,10H2,1-4H3. The number of alkyl halides is 1. The molecule has 96 valence electrons. The Labute approximate surface area is 110 Å². The van der Waals surface area contributed by atoms with E-state index in [1.807, 2.05) is 12.1 Å². The van der Waals surface area contributed by atoms with Crippen molar-refractivity contribution in [1.82, 2.24) is 4.90 Å². The lowest BCUT2D eigenvalue weighted by atomic mass is 10.1. The van der Waals surface area contributed by atoms with Crippen molar-refractivity contribution in [1.29, 1.82) is 0 Å². The maximum Gasteiger partial charge on any atom is 0.123 e. The summed E-state index contributed by atoms with van der Waals surface area (Å²) in [4.78, 5) is 2.32. The summed E-state index contributed by atoms with van der Waals surface area (Å²) in [6.07, 6.45) is 0. The van der Waals surface area contributed by atoms with Crippen LogP contribution in [0.25, 0.3) is 0 Å². The van der Waals surface area contributed by atoms with E-state index in [2.05, 4.69) is 31.7 Å². The first kappa shape index (κ1) is 14.3. The number of aryl methyl sites for hydroxylation is 1. The fraction of sp³-hybridized carbons (Fsp3) is 0.571. The van der Waals surface area contributed by atoms with Gasteiger partial charge in [0.05, 0.1) is 12.5 Å². The van der Waals surface area contributed by atoms with E-state index in [9.17, 15) is 0 Å². The summed E-state index contributed by atoms with van der Waals surface area (Å²) in [5.41, 5.74) is 2.30. The lowest BCUT2D eigenvalue weighted by molar-refractivity contribution is 0.301. The van der Waals surface area contributed by atoms with E-state index in [4.69, 9.17) is 16.3 Å². The molecule has 1 rings (SSSR count). The van der Waals surface area contributed by atoms with Gasteiger partial charge in [0.25, 0.3) is 0 Å². The molecule has 0 aliphatic carbocycles. The highest BCUT2D eigenvalue weighted by Gasteiger charge is 2.16. The fourth-order valence-electron chi connectivity index (χ4n) is 1.91. The zero-order valence-electron chi connectivity index (χ0n) is 11.2. The van der Waals surface area contributed by atoms with Crippen LogP contribution in [0.2, 0.25) is 0 Å². The molecule has 0 saturated carbocycles. The molecule has 2 nitrogen and oxygen atoms in total. The van der Waals surface area contributed by atoms with Crippen molar-refractivity contribution in [2.75, 3.05) is 26.7 Å². The molecule has 3 heteroatoms. The number of methoxy groups -OCH3 is 1. The highest BCUT2D eigenvalue weighted by atomic mass is 35.5. The molecule has 0 radical (unpaired) electrons. The zero-order valence-corrected chi connectivity index (χ0v) is 11.9. The first-order valence-electron chi connectivity index (χ1n) is 6.13. The van der Waals surface area contributed by atoms with Crippen molar-refractivity contribution < 1.29 is 4.74 Å². The number of likely N-dealkylation sites (N-methyl/N-ethyl adjacent to an activating group) is 1. The van der Waals surface area contributed by atoms with E-state index >= 15 is 0 Å². The van der Waals surface area contributed by atoms with Gasteiger partial charge in [0.2, 0.25) is 0 Å². The van der Waals surface area contributed by atoms with Crippen LogP contribution in [-0.2, 0) is 0 Å². The normalized spacial score (nSPS) is 12.8. The van der Waals surface area contributed by atoms with Crippen molar-refractivity contribution in [3.63, 3.8) is 0 Å². The summed E-state index contributed by atoms with van der Waals surface area (Å²) in [5, 5.41) is -0.0234. The van der Waals surface area contributed by atoms with Crippen molar-refractivity contribution in [2.24, 2.45) is 0 Å². The lowest BCUT2D eigenvalue weighted by Gasteiger charge is -2.23. The number of nitrogens with zero attached hydrogens (tertiary/aromatic N) is 1. The Balaban J connectivity index is 2.86. The molecule has 0 saturated heterocycles. The van der Waals surface area contributed by atoms with E-state index in [0.29, 0.717) is 0 Å². The Bertz CT molecular complexity index is 350. The highest BCUT2D eigenvalue weighted by Crippen LogP contribution is 2.31. The predicted molar refractivity (Wildman–Crippen MR) is 74.1 cm³/mol. The molecule has 0 amide bonds. The molecule has 0 aromatic heterocycles. The van der Waals surface area contributed by atoms with Gasteiger partial charge in [-0.3, -0.25) is 0 Å². The first-order valence-corrected chi connectivity index (χ1v) is 6.56. The van der Waals surface area contributed by atoms with Gasteiger partial charge in [-0.05, 0) is 26.1 Å². The van der Waals surface area contributed by atoms with Crippen molar-refractivity contribution in [3.8, 4) is 5.75 Å². The molecule has 0 N–H and O–H groups in total. The Morgan fingerprint density at radius 3 is 2.47 bits per heavy atom. The summed E-state index contributed by atoms with van der Waals surface area (Å²) < 4.78 is 5.37. The third kappa shape index (κ3) is 3.90. The Morgan fingerprint density at radius 2 is 1.94 bits per heavy atom. The van der Waals surface area contributed by atoms with Crippen LogP contribution in [0.1, 0.15) is 30.4 Å². The van der Waals surface area contributed by atoms with E-state index in [1.54, 1.807) is 7.11 Å². The minimum Gasteiger partial charge on any atom is -0.496 e. The maximum absolute atomic E-state index is 6.49. The average Bonchev–Trinajstić information content (AvgIpc) is 2.35. The first-order chi connectivity index (χ1) is 8.12. The monoisotopic (exact) mass is 255 g/mol. The second kappa shape index (κ2) is 6.87. The second-order valence-corrected chi connectivity index (χ2v) is 4.73. The summed E-state index contributed by atoms with van der Waals surface area (Å²) in [6.45, 7) is 9.28. The van der Waals surface area contributed by atoms with Crippen LogP contribution in [0, 0.1) is 6.92 Å². The minimum atomic E-state index is -0.0234. The minimum absolute atomic E-state index is 0.0234. The number of hydrogen-bond donors (Lipinski definition) is 0. The molecule has 0 aliphatic heterocycles. The van der Waals surface area contributed by atoms with Crippen LogP contribution in [0.15, 0.2) is 18.2 Å². The molecule has 1 aromatic carbocycles. The van der Waals surface area contributed by atoms with Gasteiger partial charge in [-0.15, -0.1) is 11.6 Å². The SMILES string of the molecule is CCN(CC)CC(Cl)c1cc(C)ccc1OC. The Kier molecular flexibility index (Phi) is 5.79. The summed E-state index contributed by atoms with van der Waals surface area (Å²) in [5.74, 6) is 0.878. The topological polar surface area (TPSA) is 12.5 Å². The van der Waals surface area contributed by atoms with E-state index in [-0.39, 0.29) is 5.38 Å². The number of benzene rings is 1. The van der Waals surface area contributed by atoms with Crippen LogP contribution in [-0.4, -0.2) is 31.6 Å². The number of halogens is 1. The van der Waals surface area contributed by atoms with Crippen LogP contribution in [0.4, 0.5) is 0 Å². The molecular formula is C14H22ClNO. The Hall–Kier alpha value is -0.730. The van der Waals surface area contributed by atoms with E-state index in [1.165, 1.54) is 5.56 Å². The maximum atomic E-state index is 6.49. The molecule has 1 aromatic rings. The third-order valence-electron chi connectivity index (χ3n) is 3.04. The molecule has 0 aliphatic rings. The molecule has 1 atom stereocenters. The molecular weight excluding hydrogens is 234 g/mol. The van der Waals surface area contributed by atoms with E-state index < -0.39 is 0 Å². The quantitative estimate of drug-likeness (QED) is 0.720. The fourth-order valence-corrected chi connectivity index (χ4v) is 2.27. The molecule has 0 bridgehead atoms. The van der Waals surface area contributed by atoms with Crippen LogP contribution < -0.4 is 4.74 Å². The summed E-state index contributed by atoms with van der Waals surface area (Å²) in [7, 11) is 1.69. The van der Waals surface area contributed by atoms with Crippen molar-refractivity contribution in [3.05, 3.63) is 29.3 Å². The average molecular weight is 256 g/mol. The summed E-state index contributed by atoms with van der Waals surface area (Å²) >= 11 is 6.49. The van der Waals surface area contributed by atoms with Crippen molar-refractivity contribution in [2.45, 2.75) is 26.1 Å². The van der Waals surface area contributed by atoms with Gasteiger partial charge in [-0.25, -0.2) is 0 Å². The zero-order chi connectivity index (χ0) is 12.8. The summed E-state index contributed by atoms with van der Waals surface area (Å²) in [6, 6.07) is 6.14. The van der Waals surface area contributed by atoms with Gasteiger partial charge < -0.3 is 9.64 Å². The van der Waals surface area contributed by atoms with Crippen molar-refractivity contribution >= 4 is 11.6 Å². The van der Waals surface area contributed by atoms with Gasteiger partial charge >= 0.3 is 0 Å². The van der Waals surface area contributed by atoms with Crippen LogP contribution in [0.3, 0.4) is 0 Å². The van der Waals surface area contributed by atoms with Gasteiger partial charge in [0, 0.05) is 12.1 Å². The molecule has 17 heavy (non-hydrogen) atoms. The molecule has 0 heterocycles. The molecule has 1 unspecified atom stereocenters. The van der Waals surface area contributed by atoms with Gasteiger partial charge in [-0.2, -0.15) is 0 Å². The number of ether oxygens (including phenoxy) is 1. The smallest absolute Gasteiger partial charge is 0.123 e. The predicted octanol–water partition coefficient (Wildman–Crippen LogP) is 3.63. The highest BCUT2D eigenvalue weighted by molar-refractivity contribution is 6.21. The second-order valence-electron chi connectivity index (χ2n) is 4.20. The lowest BCUT2D eigenvalue weighted by Crippen LogP contribution is -2.26.